The summed E-state index contributed by atoms with van der Waals surface area (Å²) in [5, 5.41) is 1.75. The maximum atomic E-state index is 5.80. The van der Waals surface area contributed by atoms with Crippen LogP contribution in [0.1, 0.15) is 5.56 Å². The van der Waals surface area contributed by atoms with E-state index in [0.29, 0.717) is 6.61 Å². The highest BCUT2D eigenvalue weighted by Gasteiger charge is 1.97. The second kappa shape index (κ2) is 6.66. The van der Waals surface area contributed by atoms with Crippen molar-refractivity contribution in [3.8, 4) is 5.75 Å². The topological polar surface area (TPSA) is 22.1 Å². The van der Waals surface area contributed by atoms with Crippen molar-refractivity contribution < 1.29 is 4.74 Å². The smallest absolute Gasteiger partial charge is 0.119 e. The lowest BCUT2D eigenvalue weighted by Crippen LogP contribution is -2.00. The van der Waals surface area contributed by atoms with E-state index in [2.05, 4.69) is 11.1 Å². The Morgan fingerprint density at radius 3 is 2.61 bits per heavy atom. The van der Waals surface area contributed by atoms with E-state index >= 15 is 0 Å². The summed E-state index contributed by atoms with van der Waals surface area (Å²) in [6.07, 6.45) is 1.88. The van der Waals surface area contributed by atoms with Crippen LogP contribution in [0.4, 0.5) is 0 Å². The zero-order valence-corrected chi connectivity index (χ0v) is 11.7. The number of hydrogen-bond donors (Lipinski definition) is 0. The molecule has 0 aliphatic rings. The first kappa shape index (κ1) is 13.2. The highest BCUT2D eigenvalue weighted by Crippen LogP contribution is 2.18. The van der Waals surface area contributed by atoms with Gasteiger partial charge in [0.15, 0.2) is 0 Å². The molecule has 0 N–H and O–H groups in total. The highest BCUT2D eigenvalue weighted by atomic mass is 35.5. The number of pyridine rings is 1. The molecule has 0 saturated carbocycles. The predicted molar refractivity (Wildman–Crippen MR) is 76.6 cm³/mol. The standard InChI is InChI=1S/C14H14ClNOS/c1-11-2-7-14(16-10-11)18-9-8-17-13-5-3-12(15)4-6-13/h2-7,10H,8-9H2,1H3. The number of aromatic nitrogens is 1. The third-order valence-electron chi connectivity index (χ3n) is 2.30. The molecule has 1 heterocycles. The molecule has 4 heteroatoms. The predicted octanol–water partition coefficient (Wildman–Crippen LogP) is 4.21. The molecule has 94 valence electrons. The summed E-state index contributed by atoms with van der Waals surface area (Å²) < 4.78 is 5.60. The second-order valence-corrected chi connectivity index (χ2v) is 5.38. The molecule has 0 atom stereocenters. The van der Waals surface area contributed by atoms with Crippen LogP contribution in [0.2, 0.25) is 5.02 Å². The Balaban J connectivity index is 1.73. The minimum absolute atomic E-state index is 0.655. The van der Waals surface area contributed by atoms with Gasteiger partial charge in [-0.2, -0.15) is 0 Å². The fourth-order valence-electron chi connectivity index (χ4n) is 1.38. The molecule has 2 aromatic rings. The second-order valence-electron chi connectivity index (χ2n) is 3.82. The van der Waals surface area contributed by atoms with E-state index in [1.54, 1.807) is 11.8 Å². The van der Waals surface area contributed by atoms with Gasteiger partial charge in [0.1, 0.15) is 5.75 Å². The molecule has 0 amide bonds. The molecule has 1 aromatic carbocycles. The summed E-state index contributed by atoms with van der Waals surface area (Å²) in [4.78, 5) is 4.32. The largest absolute Gasteiger partial charge is 0.493 e. The Morgan fingerprint density at radius 2 is 1.94 bits per heavy atom. The average Bonchev–Trinajstić information content (AvgIpc) is 2.39. The summed E-state index contributed by atoms with van der Waals surface area (Å²) in [5.74, 6) is 1.72. The Hall–Kier alpha value is -1.19. The summed E-state index contributed by atoms with van der Waals surface area (Å²) >= 11 is 7.49. The molecule has 2 nitrogen and oxygen atoms in total. The molecular formula is C14H14ClNOS. The lowest BCUT2D eigenvalue weighted by molar-refractivity contribution is 0.344. The third kappa shape index (κ3) is 4.24. The fraction of sp³-hybridized carbons (Fsp3) is 0.214. The number of benzene rings is 1. The van der Waals surface area contributed by atoms with Crippen molar-refractivity contribution in [1.29, 1.82) is 0 Å². The number of hydrogen-bond acceptors (Lipinski definition) is 3. The summed E-state index contributed by atoms with van der Waals surface area (Å²) in [6.45, 7) is 2.69. The molecular weight excluding hydrogens is 266 g/mol. The van der Waals surface area contributed by atoms with E-state index in [-0.39, 0.29) is 0 Å². The maximum Gasteiger partial charge on any atom is 0.119 e. The molecule has 0 bridgehead atoms. The van der Waals surface area contributed by atoms with Crippen molar-refractivity contribution in [1.82, 2.24) is 4.98 Å². The SMILES string of the molecule is Cc1ccc(SCCOc2ccc(Cl)cc2)nc1. The van der Waals surface area contributed by atoms with Gasteiger partial charge >= 0.3 is 0 Å². The number of thioether (sulfide) groups is 1. The molecule has 0 saturated heterocycles. The van der Waals surface area contributed by atoms with E-state index in [4.69, 9.17) is 16.3 Å². The van der Waals surface area contributed by atoms with Gasteiger partial charge in [-0.15, -0.1) is 11.8 Å². The summed E-state index contributed by atoms with van der Waals surface area (Å²) in [7, 11) is 0. The Kier molecular flexibility index (Phi) is 4.90. The lowest BCUT2D eigenvalue weighted by Gasteiger charge is -2.05. The fourth-order valence-corrected chi connectivity index (χ4v) is 2.17. The van der Waals surface area contributed by atoms with E-state index in [0.717, 1.165) is 21.6 Å². The molecule has 0 radical (unpaired) electrons. The van der Waals surface area contributed by atoms with Crippen LogP contribution in [-0.4, -0.2) is 17.3 Å². The van der Waals surface area contributed by atoms with Gasteiger partial charge in [-0.3, -0.25) is 0 Å². The molecule has 1 aromatic heterocycles. The zero-order valence-electron chi connectivity index (χ0n) is 10.1. The van der Waals surface area contributed by atoms with Gasteiger partial charge in [0.2, 0.25) is 0 Å². The first-order valence-corrected chi connectivity index (χ1v) is 7.04. The number of rotatable bonds is 5. The first-order valence-electron chi connectivity index (χ1n) is 5.68. The average molecular weight is 280 g/mol. The Morgan fingerprint density at radius 1 is 1.17 bits per heavy atom. The number of ether oxygens (including phenoxy) is 1. The van der Waals surface area contributed by atoms with E-state index in [9.17, 15) is 0 Å². The highest BCUT2D eigenvalue weighted by molar-refractivity contribution is 7.99. The van der Waals surface area contributed by atoms with Gasteiger partial charge < -0.3 is 4.74 Å². The third-order valence-corrected chi connectivity index (χ3v) is 3.46. The normalized spacial score (nSPS) is 10.3. The van der Waals surface area contributed by atoms with Gasteiger partial charge in [0.05, 0.1) is 11.6 Å². The molecule has 0 unspecified atom stereocenters. The summed E-state index contributed by atoms with van der Waals surface area (Å²) in [6, 6.07) is 11.5. The van der Waals surface area contributed by atoms with Gasteiger partial charge in [-0.1, -0.05) is 17.7 Å². The van der Waals surface area contributed by atoms with Gasteiger partial charge in [-0.25, -0.2) is 4.98 Å². The van der Waals surface area contributed by atoms with Crippen LogP contribution in [0.5, 0.6) is 5.75 Å². The Labute approximate surface area is 116 Å². The van der Waals surface area contributed by atoms with E-state index in [1.807, 2.05) is 43.5 Å². The van der Waals surface area contributed by atoms with Gasteiger partial charge in [0.25, 0.3) is 0 Å². The lowest BCUT2D eigenvalue weighted by atomic mass is 10.3. The maximum absolute atomic E-state index is 5.80. The number of aryl methyl sites for hydroxylation is 1. The molecule has 0 fully saturated rings. The van der Waals surface area contributed by atoms with Crippen molar-refractivity contribution in [3.05, 3.63) is 53.2 Å². The van der Waals surface area contributed by atoms with Crippen molar-refractivity contribution in [2.45, 2.75) is 11.9 Å². The van der Waals surface area contributed by atoms with Crippen molar-refractivity contribution in [3.63, 3.8) is 0 Å². The zero-order chi connectivity index (χ0) is 12.8. The molecule has 18 heavy (non-hydrogen) atoms. The van der Waals surface area contributed by atoms with Crippen LogP contribution in [-0.2, 0) is 0 Å². The van der Waals surface area contributed by atoms with Crippen molar-refractivity contribution in [2.24, 2.45) is 0 Å². The minimum atomic E-state index is 0.655. The van der Waals surface area contributed by atoms with Crippen LogP contribution in [0.25, 0.3) is 0 Å². The number of halogens is 1. The van der Waals surface area contributed by atoms with Crippen LogP contribution in [0, 0.1) is 6.92 Å². The van der Waals surface area contributed by atoms with Crippen LogP contribution in [0.3, 0.4) is 0 Å². The molecule has 0 aliphatic heterocycles. The quantitative estimate of drug-likeness (QED) is 0.604. The van der Waals surface area contributed by atoms with Crippen molar-refractivity contribution in [2.75, 3.05) is 12.4 Å². The van der Waals surface area contributed by atoms with E-state index in [1.165, 1.54) is 5.56 Å². The summed E-state index contributed by atoms with van der Waals surface area (Å²) in [5.41, 5.74) is 1.18. The molecule has 0 aliphatic carbocycles. The van der Waals surface area contributed by atoms with Crippen molar-refractivity contribution >= 4 is 23.4 Å². The first-order chi connectivity index (χ1) is 8.74. The van der Waals surface area contributed by atoms with Crippen LogP contribution >= 0.6 is 23.4 Å². The monoisotopic (exact) mass is 279 g/mol. The van der Waals surface area contributed by atoms with Gasteiger partial charge in [0, 0.05) is 17.0 Å². The minimum Gasteiger partial charge on any atom is -0.493 e. The van der Waals surface area contributed by atoms with Crippen LogP contribution < -0.4 is 4.74 Å². The van der Waals surface area contributed by atoms with E-state index < -0.39 is 0 Å². The molecule has 2 rings (SSSR count). The number of nitrogens with zero attached hydrogens (tertiary/aromatic N) is 1. The Bertz CT molecular complexity index is 437. The van der Waals surface area contributed by atoms with Gasteiger partial charge in [-0.05, 0) is 42.8 Å². The van der Waals surface area contributed by atoms with Crippen LogP contribution in [0.15, 0.2) is 47.6 Å². The molecule has 0 spiro atoms.